The molecule has 1 N–H and O–H groups in total. The van der Waals surface area contributed by atoms with Gasteiger partial charge in [0.25, 0.3) is 0 Å². The van der Waals surface area contributed by atoms with E-state index in [1.165, 1.54) is 30.6 Å². The Balaban J connectivity index is 1.98. The van der Waals surface area contributed by atoms with Crippen LogP contribution in [0.3, 0.4) is 0 Å². The van der Waals surface area contributed by atoms with E-state index in [4.69, 9.17) is 4.74 Å². The fourth-order valence-electron chi connectivity index (χ4n) is 2.63. The van der Waals surface area contributed by atoms with Crippen LogP contribution in [-0.4, -0.2) is 32.2 Å². The Labute approximate surface area is 120 Å². The van der Waals surface area contributed by atoms with Gasteiger partial charge in [-0.05, 0) is 18.8 Å². The summed E-state index contributed by atoms with van der Waals surface area (Å²) in [5, 5.41) is 4.69. The summed E-state index contributed by atoms with van der Waals surface area (Å²) in [6.07, 6.45) is 5.38. The molecule has 0 amide bonds. The quantitative estimate of drug-likeness (QED) is 0.901. The maximum absolute atomic E-state index is 5.38. The Morgan fingerprint density at radius 2 is 2.11 bits per heavy atom. The molecule has 1 aliphatic carbocycles. The molecule has 0 spiro atoms. The number of rotatable bonds is 5. The van der Waals surface area contributed by atoms with Crippen molar-refractivity contribution in [3.63, 3.8) is 0 Å². The topological polar surface area (TPSA) is 37.4 Å². The van der Waals surface area contributed by atoms with Gasteiger partial charge in [0, 0.05) is 26.7 Å². The van der Waals surface area contributed by atoms with Gasteiger partial charge >= 0.3 is 0 Å². The Hall–Kier alpha value is -0.810. The third-order valence-corrected chi connectivity index (χ3v) is 5.07. The van der Waals surface area contributed by atoms with Crippen LogP contribution in [0.25, 0.3) is 0 Å². The third-order valence-electron chi connectivity index (χ3n) is 3.86. The molecule has 0 saturated heterocycles. The van der Waals surface area contributed by atoms with Gasteiger partial charge < -0.3 is 15.0 Å². The van der Waals surface area contributed by atoms with E-state index in [0.717, 1.165) is 23.5 Å². The lowest BCUT2D eigenvalue weighted by atomic mass is 9.86. The molecule has 1 aromatic heterocycles. The molecule has 0 radical (unpaired) electrons. The highest BCUT2D eigenvalue weighted by atomic mass is 32.1. The maximum Gasteiger partial charge on any atom is 0.230 e. The first kappa shape index (κ1) is 14.6. The number of thiazole rings is 1. The van der Waals surface area contributed by atoms with E-state index in [0.29, 0.717) is 6.04 Å². The molecule has 0 aromatic carbocycles. The standard InChI is InChI=1S/C14H25N3OS/c1-10-7-5-6-8-11(10)15-9-12-13(18-4)16-14(19-12)17(2)3/h10-11,15H,5-9H2,1-4H3. The van der Waals surface area contributed by atoms with Crippen molar-refractivity contribution in [1.29, 1.82) is 0 Å². The van der Waals surface area contributed by atoms with Crippen LogP contribution in [0.1, 0.15) is 37.5 Å². The van der Waals surface area contributed by atoms with Gasteiger partial charge in [0.1, 0.15) is 0 Å². The maximum atomic E-state index is 5.38. The lowest BCUT2D eigenvalue weighted by molar-refractivity contribution is 0.278. The van der Waals surface area contributed by atoms with Crippen LogP contribution in [0, 0.1) is 5.92 Å². The summed E-state index contributed by atoms with van der Waals surface area (Å²) in [7, 11) is 5.72. The van der Waals surface area contributed by atoms with E-state index in [-0.39, 0.29) is 0 Å². The lowest BCUT2D eigenvalue weighted by Gasteiger charge is -2.29. The van der Waals surface area contributed by atoms with Crippen LogP contribution in [0.2, 0.25) is 0 Å². The average Bonchev–Trinajstić information content (AvgIpc) is 2.81. The number of nitrogens with zero attached hydrogens (tertiary/aromatic N) is 2. The lowest BCUT2D eigenvalue weighted by Crippen LogP contribution is -2.36. The molecule has 1 saturated carbocycles. The van der Waals surface area contributed by atoms with Crippen LogP contribution < -0.4 is 15.0 Å². The zero-order valence-corrected chi connectivity index (χ0v) is 13.2. The second-order valence-corrected chi connectivity index (χ2v) is 6.63. The fraction of sp³-hybridized carbons (Fsp3) is 0.786. The summed E-state index contributed by atoms with van der Waals surface area (Å²) in [5.41, 5.74) is 0. The second-order valence-electron chi connectivity index (χ2n) is 5.57. The highest BCUT2D eigenvalue weighted by Gasteiger charge is 2.22. The zero-order valence-electron chi connectivity index (χ0n) is 12.4. The van der Waals surface area contributed by atoms with Gasteiger partial charge in [-0.15, -0.1) is 0 Å². The Morgan fingerprint density at radius 1 is 1.37 bits per heavy atom. The van der Waals surface area contributed by atoms with E-state index >= 15 is 0 Å². The monoisotopic (exact) mass is 283 g/mol. The van der Waals surface area contributed by atoms with Crippen LogP contribution >= 0.6 is 11.3 Å². The van der Waals surface area contributed by atoms with Crippen molar-refractivity contribution in [1.82, 2.24) is 10.3 Å². The van der Waals surface area contributed by atoms with Gasteiger partial charge in [-0.25, -0.2) is 0 Å². The van der Waals surface area contributed by atoms with Crippen molar-refractivity contribution in [2.75, 3.05) is 26.1 Å². The summed E-state index contributed by atoms with van der Waals surface area (Å²) in [6, 6.07) is 0.642. The summed E-state index contributed by atoms with van der Waals surface area (Å²) >= 11 is 1.71. The molecule has 1 fully saturated rings. The summed E-state index contributed by atoms with van der Waals surface area (Å²) in [4.78, 5) is 7.72. The predicted octanol–water partition coefficient (Wildman–Crippen LogP) is 2.89. The molecule has 2 atom stereocenters. The molecule has 0 bridgehead atoms. The Kier molecular flexibility index (Phi) is 5.05. The molecule has 1 aliphatic rings. The molecule has 4 nitrogen and oxygen atoms in total. The summed E-state index contributed by atoms with van der Waals surface area (Å²) in [6.45, 7) is 3.22. The SMILES string of the molecule is COc1nc(N(C)C)sc1CNC1CCCCC1C. The number of anilines is 1. The zero-order chi connectivity index (χ0) is 13.8. The van der Waals surface area contributed by atoms with Gasteiger partial charge in [-0.1, -0.05) is 31.1 Å². The first-order valence-electron chi connectivity index (χ1n) is 7.06. The number of nitrogens with one attached hydrogen (secondary N) is 1. The van der Waals surface area contributed by atoms with E-state index in [2.05, 4.69) is 17.2 Å². The normalized spacial score (nSPS) is 23.4. The summed E-state index contributed by atoms with van der Waals surface area (Å²) in [5.74, 6) is 1.55. The predicted molar refractivity (Wildman–Crippen MR) is 81.3 cm³/mol. The first-order valence-corrected chi connectivity index (χ1v) is 7.88. The van der Waals surface area contributed by atoms with Crippen molar-refractivity contribution in [3.05, 3.63) is 4.88 Å². The largest absolute Gasteiger partial charge is 0.480 e. The number of hydrogen-bond acceptors (Lipinski definition) is 5. The smallest absolute Gasteiger partial charge is 0.230 e. The molecular formula is C14H25N3OS. The van der Waals surface area contributed by atoms with E-state index < -0.39 is 0 Å². The third kappa shape index (κ3) is 3.60. The van der Waals surface area contributed by atoms with Crippen LogP contribution in [0.4, 0.5) is 5.13 Å². The van der Waals surface area contributed by atoms with Crippen molar-refractivity contribution < 1.29 is 4.74 Å². The van der Waals surface area contributed by atoms with Crippen molar-refractivity contribution in [2.45, 2.75) is 45.2 Å². The fourth-order valence-corrected chi connectivity index (χ4v) is 3.53. The molecule has 19 heavy (non-hydrogen) atoms. The molecule has 108 valence electrons. The van der Waals surface area contributed by atoms with Gasteiger partial charge in [-0.3, -0.25) is 0 Å². The minimum Gasteiger partial charge on any atom is -0.480 e. The van der Waals surface area contributed by atoms with Crippen LogP contribution in [0.15, 0.2) is 0 Å². The summed E-state index contributed by atoms with van der Waals surface area (Å²) < 4.78 is 5.38. The van der Waals surface area contributed by atoms with Gasteiger partial charge in [0.2, 0.25) is 5.88 Å². The van der Waals surface area contributed by atoms with Gasteiger partial charge in [0.05, 0.1) is 12.0 Å². The average molecular weight is 283 g/mol. The first-order chi connectivity index (χ1) is 9.11. The molecule has 5 heteroatoms. The molecule has 2 unspecified atom stereocenters. The minimum atomic E-state index is 0.642. The number of methoxy groups -OCH3 is 1. The number of aromatic nitrogens is 1. The highest BCUT2D eigenvalue weighted by molar-refractivity contribution is 7.15. The van der Waals surface area contributed by atoms with Crippen LogP contribution in [0.5, 0.6) is 5.88 Å². The van der Waals surface area contributed by atoms with Crippen molar-refractivity contribution in [3.8, 4) is 5.88 Å². The molecule has 1 heterocycles. The molecule has 1 aromatic rings. The van der Waals surface area contributed by atoms with E-state index in [9.17, 15) is 0 Å². The molecular weight excluding hydrogens is 258 g/mol. The van der Waals surface area contributed by atoms with E-state index in [1.54, 1.807) is 18.4 Å². The molecule has 2 rings (SSSR count). The number of hydrogen-bond donors (Lipinski definition) is 1. The van der Waals surface area contributed by atoms with Crippen molar-refractivity contribution in [2.24, 2.45) is 5.92 Å². The van der Waals surface area contributed by atoms with Gasteiger partial charge in [-0.2, -0.15) is 4.98 Å². The van der Waals surface area contributed by atoms with Crippen molar-refractivity contribution >= 4 is 16.5 Å². The van der Waals surface area contributed by atoms with Crippen LogP contribution in [-0.2, 0) is 6.54 Å². The number of ether oxygens (including phenoxy) is 1. The van der Waals surface area contributed by atoms with Gasteiger partial charge in [0.15, 0.2) is 5.13 Å². The second kappa shape index (κ2) is 6.57. The van der Waals surface area contributed by atoms with E-state index in [1.807, 2.05) is 19.0 Å². The Bertz CT molecular complexity index is 405. The molecule has 0 aliphatic heterocycles. The minimum absolute atomic E-state index is 0.642. The Morgan fingerprint density at radius 3 is 2.74 bits per heavy atom. The highest BCUT2D eigenvalue weighted by Crippen LogP contribution is 2.31.